The number of hydrogen-bond acceptors (Lipinski definition) is 6. The van der Waals surface area contributed by atoms with Gasteiger partial charge in [-0.25, -0.2) is 0 Å². The SMILES string of the molecule is Cc1ccc(CCl)cc1.Cc1ccc(CNCCCOCCCN)cc1.NCCCOCCCN. The van der Waals surface area contributed by atoms with E-state index >= 15 is 0 Å². The lowest BCUT2D eigenvalue weighted by molar-refractivity contribution is 0.130. The van der Waals surface area contributed by atoms with Crippen LogP contribution in [0.4, 0.5) is 0 Å². The molecule has 35 heavy (non-hydrogen) atoms. The standard InChI is InChI=1S/C14H24N2O.C8H9Cl.C6H16N2O/c1-13-4-6-14(7-5-13)12-16-9-3-11-17-10-2-8-15;1-7-2-4-8(6-9)5-3-7;7-3-1-5-9-6-2-4-8/h4-7,16H,2-3,8-12,15H2,1H3;2-5H,6H2,1H3;1-8H2. The fraction of sp³-hybridized carbons (Fsp3) is 0.571. The first-order valence-electron chi connectivity index (χ1n) is 12.7. The Hall–Kier alpha value is -1.51. The topological polar surface area (TPSA) is 109 Å². The summed E-state index contributed by atoms with van der Waals surface area (Å²) in [6.45, 7) is 11.4. The lowest BCUT2D eigenvalue weighted by atomic mass is 10.1. The number of aryl methyl sites for hydroxylation is 2. The van der Waals surface area contributed by atoms with Gasteiger partial charge in [0.2, 0.25) is 0 Å². The van der Waals surface area contributed by atoms with Crippen LogP contribution in [0, 0.1) is 13.8 Å². The van der Waals surface area contributed by atoms with E-state index in [9.17, 15) is 0 Å². The Labute approximate surface area is 218 Å². The minimum absolute atomic E-state index is 0.611. The van der Waals surface area contributed by atoms with Crippen molar-refractivity contribution in [3.63, 3.8) is 0 Å². The van der Waals surface area contributed by atoms with Gasteiger partial charge in [0, 0.05) is 38.9 Å². The molecule has 0 saturated carbocycles. The Morgan fingerprint density at radius 2 is 1.03 bits per heavy atom. The van der Waals surface area contributed by atoms with Crippen molar-refractivity contribution in [3.05, 3.63) is 70.8 Å². The van der Waals surface area contributed by atoms with Crippen LogP contribution < -0.4 is 22.5 Å². The van der Waals surface area contributed by atoms with Crippen LogP contribution in [0.5, 0.6) is 0 Å². The second-order valence-corrected chi connectivity index (χ2v) is 8.55. The van der Waals surface area contributed by atoms with E-state index in [0.29, 0.717) is 25.5 Å². The molecule has 0 unspecified atom stereocenters. The Bertz CT molecular complexity index is 678. The molecule has 0 aliphatic heterocycles. The summed E-state index contributed by atoms with van der Waals surface area (Å²) in [7, 11) is 0. The van der Waals surface area contributed by atoms with Crippen LogP contribution in [0.15, 0.2) is 48.5 Å². The number of alkyl halides is 1. The smallest absolute Gasteiger partial charge is 0.0478 e. The van der Waals surface area contributed by atoms with Crippen LogP contribution >= 0.6 is 11.6 Å². The Balaban J connectivity index is 0.000000543. The molecular formula is C28H49ClN4O2. The van der Waals surface area contributed by atoms with Crippen molar-refractivity contribution in [2.24, 2.45) is 17.2 Å². The summed E-state index contributed by atoms with van der Waals surface area (Å²) in [5, 5.41) is 3.41. The van der Waals surface area contributed by atoms with Gasteiger partial charge in [0.25, 0.3) is 0 Å². The van der Waals surface area contributed by atoms with E-state index in [1.165, 1.54) is 22.3 Å². The lowest BCUT2D eigenvalue weighted by Gasteiger charge is -2.06. The number of rotatable bonds is 16. The molecule has 0 spiro atoms. The van der Waals surface area contributed by atoms with Crippen molar-refractivity contribution in [1.29, 1.82) is 0 Å². The summed E-state index contributed by atoms with van der Waals surface area (Å²) in [4.78, 5) is 0. The molecule has 0 radical (unpaired) electrons. The van der Waals surface area contributed by atoms with Gasteiger partial charge in [0.15, 0.2) is 0 Å². The van der Waals surface area contributed by atoms with Gasteiger partial charge in [-0.2, -0.15) is 0 Å². The van der Waals surface area contributed by atoms with Gasteiger partial charge in [-0.05, 0) is 76.8 Å². The minimum atomic E-state index is 0.611. The average Bonchev–Trinajstić information content (AvgIpc) is 2.88. The molecule has 0 heterocycles. The van der Waals surface area contributed by atoms with E-state index in [1.54, 1.807) is 0 Å². The van der Waals surface area contributed by atoms with Crippen molar-refractivity contribution in [3.8, 4) is 0 Å². The number of nitrogens with one attached hydrogen (secondary N) is 1. The molecule has 0 saturated heterocycles. The maximum Gasteiger partial charge on any atom is 0.0478 e. The van der Waals surface area contributed by atoms with Crippen molar-refractivity contribution in [2.45, 2.75) is 52.0 Å². The van der Waals surface area contributed by atoms with E-state index in [0.717, 1.165) is 65.2 Å². The summed E-state index contributed by atoms with van der Waals surface area (Å²) in [6, 6.07) is 16.8. The molecule has 0 aromatic heterocycles. The third-order valence-corrected chi connectivity index (χ3v) is 5.15. The second kappa shape index (κ2) is 25.6. The normalized spacial score (nSPS) is 10.2. The molecule has 6 nitrogen and oxygen atoms in total. The molecule has 0 atom stereocenters. The predicted octanol–water partition coefficient (Wildman–Crippen LogP) is 4.27. The number of halogens is 1. The molecule has 7 N–H and O–H groups in total. The fourth-order valence-corrected chi connectivity index (χ4v) is 2.85. The van der Waals surface area contributed by atoms with E-state index in [4.69, 9.17) is 38.3 Å². The van der Waals surface area contributed by atoms with Crippen molar-refractivity contribution >= 4 is 11.6 Å². The quantitative estimate of drug-likeness (QED) is 0.199. The van der Waals surface area contributed by atoms with Crippen molar-refractivity contribution in [2.75, 3.05) is 52.6 Å². The lowest BCUT2D eigenvalue weighted by Crippen LogP contribution is -2.16. The maximum absolute atomic E-state index is 5.58. The third-order valence-electron chi connectivity index (χ3n) is 4.85. The van der Waals surface area contributed by atoms with Gasteiger partial charge < -0.3 is 32.0 Å². The zero-order valence-corrected chi connectivity index (χ0v) is 22.7. The molecule has 2 rings (SSSR count). The van der Waals surface area contributed by atoms with Crippen molar-refractivity contribution in [1.82, 2.24) is 5.32 Å². The van der Waals surface area contributed by atoms with Gasteiger partial charge in [-0.3, -0.25) is 0 Å². The van der Waals surface area contributed by atoms with E-state index in [-0.39, 0.29) is 0 Å². The Morgan fingerprint density at radius 3 is 1.43 bits per heavy atom. The highest BCUT2D eigenvalue weighted by molar-refractivity contribution is 6.17. The monoisotopic (exact) mass is 508 g/mol. The van der Waals surface area contributed by atoms with Gasteiger partial charge in [0.05, 0.1) is 0 Å². The molecular weight excluding hydrogens is 460 g/mol. The zero-order valence-electron chi connectivity index (χ0n) is 21.9. The molecule has 200 valence electrons. The highest BCUT2D eigenvalue weighted by atomic mass is 35.5. The van der Waals surface area contributed by atoms with Crippen LogP contribution in [0.3, 0.4) is 0 Å². The van der Waals surface area contributed by atoms with Gasteiger partial charge >= 0.3 is 0 Å². The number of benzene rings is 2. The first-order valence-corrected chi connectivity index (χ1v) is 13.2. The summed E-state index contributed by atoms with van der Waals surface area (Å²) in [5.41, 5.74) is 21.0. The predicted molar refractivity (Wildman–Crippen MR) is 151 cm³/mol. The molecule has 2 aromatic carbocycles. The highest BCUT2D eigenvalue weighted by Gasteiger charge is 1.93. The minimum Gasteiger partial charge on any atom is -0.381 e. The average molecular weight is 509 g/mol. The molecule has 2 aromatic rings. The molecule has 0 amide bonds. The summed E-state index contributed by atoms with van der Waals surface area (Å²) < 4.78 is 10.6. The molecule has 0 bridgehead atoms. The number of ether oxygens (including phenoxy) is 2. The first kappa shape index (κ1) is 33.5. The van der Waals surface area contributed by atoms with Crippen molar-refractivity contribution < 1.29 is 9.47 Å². The fourth-order valence-electron chi connectivity index (χ4n) is 2.68. The van der Waals surface area contributed by atoms with E-state index in [2.05, 4.69) is 55.6 Å². The van der Waals surface area contributed by atoms with Crippen LogP contribution in [-0.2, 0) is 21.9 Å². The molecule has 0 aliphatic carbocycles. The van der Waals surface area contributed by atoms with Crippen LogP contribution in [0.1, 0.15) is 47.9 Å². The second-order valence-electron chi connectivity index (χ2n) is 8.29. The molecule has 0 aliphatic rings. The maximum atomic E-state index is 5.58. The molecule has 0 fully saturated rings. The van der Waals surface area contributed by atoms with Gasteiger partial charge in [-0.15, -0.1) is 11.6 Å². The highest BCUT2D eigenvalue weighted by Crippen LogP contribution is 2.05. The summed E-state index contributed by atoms with van der Waals surface area (Å²) in [6.07, 6.45) is 3.91. The summed E-state index contributed by atoms with van der Waals surface area (Å²) in [5.74, 6) is 0.611. The third kappa shape index (κ3) is 22.7. The summed E-state index contributed by atoms with van der Waals surface area (Å²) >= 11 is 5.58. The number of hydrogen-bond donors (Lipinski definition) is 4. The van der Waals surface area contributed by atoms with Gasteiger partial charge in [-0.1, -0.05) is 59.7 Å². The van der Waals surface area contributed by atoms with Crippen LogP contribution in [0.2, 0.25) is 0 Å². The van der Waals surface area contributed by atoms with E-state index in [1.807, 2.05) is 12.1 Å². The van der Waals surface area contributed by atoms with Gasteiger partial charge in [0.1, 0.15) is 0 Å². The zero-order chi connectivity index (χ0) is 26.0. The largest absolute Gasteiger partial charge is 0.381 e. The van der Waals surface area contributed by atoms with Crippen LogP contribution in [-0.4, -0.2) is 52.6 Å². The first-order chi connectivity index (χ1) is 17.1. The van der Waals surface area contributed by atoms with Crippen LogP contribution in [0.25, 0.3) is 0 Å². The number of nitrogens with two attached hydrogens (primary N) is 3. The Morgan fingerprint density at radius 1 is 0.629 bits per heavy atom. The Kier molecular flexibility index (Phi) is 24.5. The molecule has 7 heteroatoms. The van der Waals surface area contributed by atoms with E-state index < -0.39 is 0 Å².